The molecular formula is C22H21N5O4S2. The van der Waals surface area contributed by atoms with Crippen molar-refractivity contribution in [2.75, 3.05) is 17.7 Å². The number of esters is 1. The average Bonchev–Trinajstić information content (AvgIpc) is 3.57. The molecular weight excluding hydrogens is 462 g/mol. The second-order valence-corrected chi connectivity index (χ2v) is 8.59. The highest BCUT2D eigenvalue weighted by atomic mass is 32.2. The first-order chi connectivity index (χ1) is 16.1. The van der Waals surface area contributed by atoms with Gasteiger partial charge in [-0.1, -0.05) is 42.1 Å². The van der Waals surface area contributed by atoms with Crippen LogP contribution >= 0.6 is 23.1 Å². The molecule has 0 saturated carbocycles. The maximum Gasteiger partial charge on any atom is 0.313 e. The van der Waals surface area contributed by atoms with Gasteiger partial charge < -0.3 is 14.5 Å². The predicted molar refractivity (Wildman–Crippen MR) is 125 cm³/mol. The molecule has 0 aliphatic rings. The number of rotatable bonds is 10. The SMILES string of the molecule is CCOC(=O)Cc1nnc(SCC(=O)Nc2nc(-c3ccccc3)cs2)n1Cc1ccco1. The van der Waals surface area contributed by atoms with Crippen molar-refractivity contribution in [3.63, 3.8) is 0 Å². The number of amides is 1. The van der Waals surface area contributed by atoms with E-state index in [0.29, 0.717) is 28.4 Å². The monoisotopic (exact) mass is 483 g/mol. The third-order valence-electron chi connectivity index (χ3n) is 4.45. The van der Waals surface area contributed by atoms with Crippen molar-refractivity contribution in [2.45, 2.75) is 25.0 Å². The molecule has 33 heavy (non-hydrogen) atoms. The Morgan fingerprint density at radius 3 is 2.79 bits per heavy atom. The zero-order valence-corrected chi connectivity index (χ0v) is 19.4. The Hall–Kier alpha value is -3.44. The number of hydrogen-bond acceptors (Lipinski definition) is 9. The van der Waals surface area contributed by atoms with Crippen LogP contribution in [0.15, 0.2) is 63.7 Å². The maximum atomic E-state index is 12.5. The summed E-state index contributed by atoms with van der Waals surface area (Å²) in [5, 5.41) is 14.0. The molecule has 0 aliphatic heterocycles. The third-order valence-corrected chi connectivity index (χ3v) is 6.17. The fraction of sp³-hybridized carbons (Fsp3) is 0.227. The molecule has 4 rings (SSSR count). The zero-order chi connectivity index (χ0) is 23.0. The summed E-state index contributed by atoms with van der Waals surface area (Å²) in [6, 6.07) is 13.4. The van der Waals surface area contributed by atoms with E-state index in [0.717, 1.165) is 11.3 Å². The molecule has 11 heteroatoms. The molecule has 9 nitrogen and oxygen atoms in total. The number of thioether (sulfide) groups is 1. The van der Waals surface area contributed by atoms with E-state index in [4.69, 9.17) is 9.15 Å². The lowest BCUT2D eigenvalue weighted by Crippen LogP contribution is -2.16. The Balaban J connectivity index is 1.40. The second kappa shape index (κ2) is 10.9. The Kier molecular flexibility index (Phi) is 7.53. The fourth-order valence-electron chi connectivity index (χ4n) is 2.97. The normalized spacial score (nSPS) is 10.8. The van der Waals surface area contributed by atoms with E-state index in [1.54, 1.807) is 23.8 Å². The quantitative estimate of drug-likeness (QED) is 0.267. The lowest BCUT2D eigenvalue weighted by Gasteiger charge is -2.08. The molecule has 3 heterocycles. The van der Waals surface area contributed by atoms with Crippen molar-refractivity contribution in [3.05, 3.63) is 65.7 Å². The highest BCUT2D eigenvalue weighted by Crippen LogP contribution is 2.25. The molecule has 1 amide bonds. The van der Waals surface area contributed by atoms with Gasteiger partial charge in [0.25, 0.3) is 0 Å². The summed E-state index contributed by atoms with van der Waals surface area (Å²) < 4.78 is 12.2. The Bertz CT molecular complexity index is 1200. The van der Waals surface area contributed by atoms with Crippen LogP contribution in [0.5, 0.6) is 0 Å². The largest absolute Gasteiger partial charge is 0.467 e. The number of anilines is 1. The number of carbonyl (C=O) groups excluding carboxylic acids is 2. The third kappa shape index (κ3) is 6.08. The molecule has 1 N–H and O–H groups in total. The van der Waals surface area contributed by atoms with E-state index in [1.165, 1.54) is 23.1 Å². The topological polar surface area (TPSA) is 112 Å². The minimum Gasteiger partial charge on any atom is -0.467 e. The molecule has 0 unspecified atom stereocenters. The molecule has 3 aromatic heterocycles. The number of ether oxygens (including phenoxy) is 1. The van der Waals surface area contributed by atoms with Gasteiger partial charge in [0.05, 0.1) is 30.9 Å². The van der Waals surface area contributed by atoms with Gasteiger partial charge in [-0.25, -0.2) is 4.98 Å². The van der Waals surface area contributed by atoms with Gasteiger partial charge in [0, 0.05) is 10.9 Å². The molecule has 170 valence electrons. The predicted octanol–water partition coefficient (Wildman–Crippen LogP) is 3.88. The van der Waals surface area contributed by atoms with Crippen molar-refractivity contribution in [3.8, 4) is 11.3 Å². The van der Waals surface area contributed by atoms with E-state index in [1.807, 2.05) is 41.8 Å². The first kappa shape index (κ1) is 22.7. The number of furan rings is 1. The first-order valence-corrected chi connectivity index (χ1v) is 12.0. The van der Waals surface area contributed by atoms with Crippen LogP contribution in [0.3, 0.4) is 0 Å². The molecule has 0 saturated heterocycles. The van der Waals surface area contributed by atoms with Gasteiger partial charge >= 0.3 is 5.97 Å². The van der Waals surface area contributed by atoms with Crippen LogP contribution in [-0.4, -0.2) is 44.0 Å². The van der Waals surface area contributed by atoms with Crippen LogP contribution in [0.2, 0.25) is 0 Å². The maximum absolute atomic E-state index is 12.5. The Morgan fingerprint density at radius 1 is 1.18 bits per heavy atom. The first-order valence-electron chi connectivity index (χ1n) is 10.2. The minimum absolute atomic E-state index is 0.0182. The van der Waals surface area contributed by atoms with E-state index < -0.39 is 5.97 Å². The van der Waals surface area contributed by atoms with Gasteiger partial charge in [0.15, 0.2) is 10.3 Å². The highest BCUT2D eigenvalue weighted by molar-refractivity contribution is 7.99. The highest BCUT2D eigenvalue weighted by Gasteiger charge is 2.19. The molecule has 0 fully saturated rings. The van der Waals surface area contributed by atoms with Gasteiger partial charge in [0.1, 0.15) is 18.0 Å². The fourth-order valence-corrected chi connectivity index (χ4v) is 4.47. The molecule has 0 aliphatic carbocycles. The smallest absolute Gasteiger partial charge is 0.313 e. The van der Waals surface area contributed by atoms with Crippen molar-refractivity contribution < 1.29 is 18.7 Å². The van der Waals surface area contributed by atoms with Crippen molar-refractivity contribution >= 4 is 40.1 Å². The average molecular weight is 484 g/mol. The molecule has 0 spiro atoms. The number of thiazole rings is 1. The summed E-state index contributed by atoms with van der Waals surface area (Å²) in [5.41, 5.74) is 1.80. The number of aromatic nitrogens is 4. The van der Waals surface area contributed by atoms with E-state index in [-0.39, 0.29) is 24.7 Å². The van der Waals surface area contributed by atoms with Gasteiger partial charge in [0.2, 0.25) is 5.91 Å². The van der Waals surface area contributed by atoms with E-state index in [2.05, 4.69) is 20.5 Å². The van der Waals surface area contributed by atoms with E-state index in [9.17, 15) is 9.59 Å². The number of hydrogen-bond donors (Lipinski definition) is 1. The van der Waals surface area contributed by atoms with Gasteiger partial charge in [-0.05, 0) is 19.1 Å². The zero-order valence-electron chi connectivity index (χ0n) is 17.8. The van der Waals surface area contributed by atoms with Crippen molar-refractivity contribution in [1.29, 1.82) is 0 Å². The van der Waals surface area contributed by atoms with Crippen molar-refractivity contribution in [2.24, 2.45) is 0 Å². The standard InChI is InChI=1S/C22H21N5O4S2/c1-2-30-20(29)11-18-25-26-22(27(18)12-16-9-6-10-31-16)33-14-19(28)24-21-23-17(13-32-21)15-7-4-3-5-8-15/h3-10,13H,2,11-12,14H2,1H3,(H,23,24,28). The Labute approximate surface area is 198 Å². The molecule has 4 aromatic rings. The molecule has 0 bridgehead atoms. The summed E-state index contributed by atoms with van der Waals surface area (Å²) >= 11 is 2.59. The lowest BCUT2D eigenvalue weighted by molar-refractivity contribution is -0.142. The number of carbonyl (C=O) groups is 2. The van der Waals surface area contributed by atoms with E-state index >= 15 is 0 Å². The van der Waals surface area contributed by atoms with Crippen molar-refractivity contribution in [1.82, 2.24) is 19.7 Å². The van der Waals surface area contributed by atoms with Crippen LogP contribution in [0.1, 0.15) is 18.5 Å². The summed E-state index contributed by atoms with van der Waals surface area (Å²) in [5.74, 6) is 0.629. The molecule has 0 radical (unpaired) electrons. The number of nitrogens with zero attached hydrogens (tertiary/aromatic N) is 4. The summed E-state index contributed by atoms with van der Waals surface area (Å²) in [4.78, 5) is 28.9. The van der Waals surface area contributed by atoms with Crippen LogP contribution < -0.4 is 5.32 Å². The summed E-state index contributed by atoms with van der Waals surface area (Å²) in [6.45, 7) is 2.37. The van der Waals surface area contributed by atoms with Gasteiger partial charge in [-0.2, -0.15) is 0 Å². The number of nitrogens with one attached hydrogen (secondary N) is 1. The van der Waals surface area contributed by atoms with Crippen LogP contribution in [0, 0.1) is 0 Å². The number of benzene rings is 1. The molecule has 1 aromatic carbocycles. The van der Waals surface area contributed by atoms with Crippen LogP contribution in [0.4, 0.5) is 5.13 Å². The summed E-state index contributed by atoms with van der Waals surface area (Å²) in [7, 11) is 0. The lowest BCUT2D eigenvalue weighted by atomic mass is 10.2. The summed E-state index contributed by atoms with van der Waals surface area (Å²) in [6.07, 6.45) is 1.55. The second-order valence-electron chi connectivity index (χ2n) is 6.79. The van der Waals surface area contributed by atoms with Gasteiger partial charge in [-0.15, -0.1) is 21.5 Å². The van der Waals surface area contributed by atoms with Crippen LogP contribution in [0.25, 0.3) is 11.3 Å². The van der Waals surface area contributed by atoms with Gasteiger partial charge in [-0.3, -0.25) is 14.2 Å². The minimum atomic E-state index is -0.391. The van der Waals surface area contributed by atoms with Crippen LogP contribution in [-0.2, 0) is 27.3 Å². The molecule has 0 atom stereocenters. The Morgan fingerprint density at radius 2 is 2.03 bits per heavy atom.